The highest BCUT2D eigenvalue weighted by atomic mass is 16.5. The first kappa shape index (κ1) is 12.1. The predicted molar refractivity (Wildman–Crippen MR) is 71.8 cm³/mol. The zero-order valence-electron chi connectivity index (χ0n) is 10.1. The molecule has 2 rings (SSSR count). The van der Waals surface area contributed by atoms with Crippen molar-refractivity contribution in [2.75, 3.05) is 12.3 Å². The third kappa shape index (κ3) is 2.48. The van der Waals surface area contributed by atoms with Crippen LogP contribution in [0.2, 0.25) is 0 Å². The molecule has 4 nitrogen and oxygen atoms in total. The highest BCUT2D eigenvalue weighted by molar-refractivity contribution is 5.98. The van der Waals surface area contributed by atoms with Crippen molar-refractivity contribution in [2.45, 2.75) is 6.92 Å². The van der Waals surface area contributed by atoms with E-state index in [0.29, 0.717) is 12.4 Å². The molecule has 2 aromatic rings. The molecular formula is C14H14N2O2. The van der Waals surface area contributed by atoms with Gasteiger partial charge in [0, 0.05) is 23.2 Å². The highest BCUT2D eigenvalue weighted by Gasteiger charge is 2.03. The lowest BCUT2D eigenvalue weighted by Crippen LogP contribution is -1.99. The summed E-state index contributed by atoms with van der Waals surface area (Å²) in [6.45, 7) is 2.13. The summed E-state index contributed by atoms with van der Waals surface area (Å²) in [5.74, 6) is 0.122. The molecule has 2 N–H and O–H groups in total. The number of nitrogens with zero attached hydrogens (tertiary/aromatic N) is 1. The van der Waals surface area contributed by atoms with Gasteiger partial charge in [-0.3, -0.25) is 0 Å². The summed E-state index contributed by atoms with van der Waals surface area (Å²) < 4.78 is 4.83. The van der Waals surface area contributed by atoms with E-state index in [-0.39, 0.29) is 5.97 Å². The minimum Gasteiger partial charge on any atom is -0.463 e. The first-order chi connectivity index (χ1) is 8.72. The van der Waals surface area contributed by atoms with Gasteiger partial charge in [0.25, 0.3) is 0 Å². The Hall–Kier alpha value is -2.36. The van der Waals surface area contributed by atoms with Crippen LogP contribution in [0.5, 0.6) is 0 Å². The molecule has 1 aromatic heterocycles. The molecule has 0 saturated heterocycles. The molecule has 0 unspecified atom stereocenters. The molecule has 1 aromatic carbocycles. The predicted octanol–water partition coefficient (Wildman–Crippen LogP) is 2.39. The van der Waals surface area contributed by atoms with Gasteiger partial charge in [-0.25, -0.2) is 9.78 Å². The molecule has 4 heteroatoms. The van der Waals surface area contributed by atoms with Gasteiger partial charge in [-0.1, -0.05) is 24.3 Å². The van der Waals surface area contributed by atoms with Crippen LogP contribution in [-0.4, -0.2) is 17.6 Å². The Labute approximate surface area is 105 Å². The number of pyridine rings is 1. The first-order valence-electron chi connectivity index (χ1n) is 5.70. The van der Waals surface area contributed by atoms with Crippen LogP contribution in [0, 0.1) is 0 Å². The lowest BCUT2D eigenvalue weighted by atomic mass is 10.1. The van der Waals surface area contributed by atoms with Crippen molar-refractivity contribution < 1.29 is 9.53 Å². The van der Waals surface area contributed by atoms with Crippen molar-refractivity contribution in [3.63, 3.8) is 0 Å². The Bertz CT molecular complexity index is 606. The van der Waals surface area contributed by atoms with Gasteiger partial charge < -0.3 is 10.5 Å². The summed E-state index contributed by atoms with van der Waals surface area (Å²) in [5, 5.41) is 1.84. The first-order valence-corrected chi connectivity index (χ1v) is 5.70. The van der Waals surface area contributed by atoms with Gasteiger partial charge in [0.05, 0.1) is 6.61 Å². The average molecular weight is 242 g/mol. The molecule has 0 saturated carbocycles. The molecule has 0 radical (unpaired) electrons. The minimum atomic E-state index is -0.363. The fraction of sp³-hybridized carbons (Fsp3) is 0.143. The van der Waals surface area contributed by atoms with Crippen molar-refractivity contribution in [2.24, 2.45) is 0 Å². The Morgan fingerprint density at radius 2 is 2.11 bits per heavy atom. The Balaban J connectivity index is 2.40. The molecule has 0 aliphatic rings. The van der Waals surface area contributed by atoms with Gasteiger partial charge in [0.15, 0.2) is 0 Å². The number of benzene rings is 1. The number of carbonyl (C=O) groups is 1. The number of hydrogen-bond acceptors (Lipinski definition) is 4. The molecule has 0 aliphatic carbocycles. The van der Waals surface area contributed by atoms with Gasteiger partial charge >= 0.3 is 5.97 Å². The third-order valence-electron chi connectivity index (χ3n) is 2.54. The number of rotatable bonds is 3. The maximum Gasteiger partial charge on any atom is 0.330 e. The van der Waals surface area contributed by atoms with E-state index < -0.39 is 0 Å². The zero-order chi connectivity index (χ0) is 13.0. The maximum atomic E-state index is 11.3. The normalized spacial score (nSPS) is 10.9. The Morgan fingerprint density at radius 3 is 2.83 bits per heavy atom. The van der Waals surface area contributed by atoms with E-state index in [2.05, 4.69) is 4.98 Å². The van der Waals surface area contributed by atoms with E-state index in [4.69, 9.17) is 10.5 Å². The van der Waals surface area contributed by atoms with Crippen molar-refractivity contribution >= 4 is 28.6 Å². The summed E-state index contributed by atoms with van der Waals surface area (Å²) >= 11 is 0. The van der Waals surface area contributed by atoms with E-state index >= 15 is 0 Å². The van der Waals surface area contributed by atoms with Gasteiger partial charge in [0.1, 0.15) is 5.82 Å². The van der Waals surface area contributed by atoms with E-state index in [0.717, 1.165) is 16.3 Å². The molecule has 0 amide bonds. The number of fused-ring (bicyclic) bond motifs is 1. The van der Waals surface area contributed by atoms with Crippen molar-refractivity contribution in [1.29, 1.82) is 0 Å². The van der Waals surface area contributed by atoms with Crippen LogP contribution in [0.3, 0.4) is 0 Å². The number of anilines is 1. The topological polar surface area (TPSA) is 65.2 Å². The molecule has 0 atom stereocenters. The van der Waals surface area contributed by atoms with Gasteiger partial charge in [-0.2, -0.15) is 0 Å². The second-order valence-electron chi connectivity index (χ2n) is 3.73. The third-order valence-corrected chi connectivity index (χ3v) is 2.54. The summed E-state index contributed by atoms with van der Waals surface area (Å²) in [6.07, 6.45) is 4.73. The minimum absolute atomic E-state index is 0.363. The number of esters is 1. The quantitative estimate of drug-likeness (QED) is 0.663. The smallest absolute Gasteiger partial charge is 0.330 e. The van der Waals surface area contributed by atoms with Crippen LogP contribution >= 0.6 is 0 Å². The van der Waals surface area contributed by atoms with E-state index in [1.165, 1.54) is 6.08 Å². The number of nitrogens with two attached hydrogens (primary N) is 1. The van der Waals surface area contributed by atoms with Crippen LogP contribution in [0.25, 0.3) is 16.8 Å². The Kier molecular flexibility index (Phi) is 3.57. The van der Waals surface area contributed by atoms with Gasteiger partial charge in [-0.15, -0.1) is 0 Å². The lowest BCUT2D eigenvalue weighted by Gasteiger charge is -2.04. The number of hydrogen-bond donors (Lipinski definition) is 1. The average Bonchev–Trinajstić information content (AvgIpc) is 2.39. The summed E-state index contributed by atoms with van der Waals surface area (Å²) in [5.41, 5.74) is 6.64. The van der Waals surface area contributed by atoms with Crippen LogP contribution < -0.4 is 5.73 Å². The highest BCUT2D eigenvalue weighted by Crippen LogP contribution is 2.23. The molecule has 0 aliphatic heterocycles. The molecule has 0 spiro atoms. The lowest BCUT2D eigenvalue weighted by molar-refractivity contribution is -0.137. The maximum absolute atomic E-state index is 11.3. The van der Waals surface area contributed by atoms with Gasteiger partial charge in [-0.05, 0) is 18.4 Å². The summed E-state index contributed by atoms with van der Waals surface area (Å²) in [7, 11) is 0. The number of carbonyl (C=O) groups excluding carboxylic acids is 1. The van der Waals surface area contributed by atoms with Crippen molar-refractivity contribution in [1.82, 2.24) is 4.98 Å². The standard InChI is InChI=1S/C14H14N2O2/c1-2-18-13(17)8-7-10-9-16-14(15)12-6-4-3-5-11(10)12/h3-9H,2H2,1H3,(H2,15,16). The molecule has 1 heterocycles. The SMILES string of the molecule is CCOC(=O)C=Cc1cnc(N)c2ccccc12. The zero-order valence-corrected chi connectivity index (χ0v) is 10.1. The van der Waals surface area contributed by atoms with E-state index in [9.17, 15) is 4.79 Å². The van der Waals surface area contributed by atoms with E-state index in [1.807, 2.05) is 24.3 Å². The summed E-state index contributed by atoms with van der Waals surface area (Å²) in [6, 6.07) is 7.67. The van der Waals surface area contributed by atoms with Crippen LogP contribution in [-0.2, 0) is 9.53 Å². The molecular weight excluding hydrogens is 228 g/mol. The molecule has 0 fully saturated rings. The Morgan fingerprint density at radius 1 is 1.39 bits per heavy atom. The monoisotopic (exact) mass is 242 g/mol. The fourth-order valence-corrected chi connectivity index (χ4v) is 1.72. The molecule has 18 heavy (non-hydrogen) atoms. The van der Waals surface area contributed by atoms with Crippen LogP contribution in [0.1, 0.15) is 12.5 Å². The van der Waals surface area contributed by atoms with Crippen LogP contribution in [0.4, 0.5) is 5.82 Å². The number of ether oxygens (including phenoxy) is 1. The van der Waals surface area contributed by atoms with Crippen LogP contribution in [0.15, 0.2) is 36.5 Å². The summed E-state index contributed by atoms with van der Waals surface area (Å²) in [4.78, 5) is 15.4. The molecule has 92 valence electrons. The number of aromatic nitrogens is 1. The van der Waals surface area contributed by atoms with E-state index in [1.54, 1.807) is 19.2 Å². The fourth-order valence-electron chi connectivity index (χ4n) is 1.72. The number of nitrogen functional groups attached to an aromatic ring is 1. The van der Waals surface area contributed by atoms with Gasteiger partial charge in [0.2, 0.25) is 0 Å². The van der Waals surface area contributed by atoms with Crippen molar-refractivity contribution in [3.8, 4) is 0 Å². The molecule has 0 bridgehead atoms. The second kappa shape index (κ2) is 5.31. The largest absolute Gasteiger partial charge is 0.463 e. The second-order valence-corrected chi connectivity index (χ2v) is 3.73. The van der Waals surface area contributed by atoms with Crippen molar-refractivity contribution in [3.05, 3.63) is 42.1 Å².